The van der Waals surface area contributed by atoms with E-state index in [0.29, 0.717) is 12.1 Å². The highest BCUT2D eigenvalue weighted by Crippen LogP contribution is 2.26. The lowest BCUT2D eigenvalue weighted by molar-refractivity contribution is 0.464. The first-order valence-electron chi connectivity index (χ1n) is 6.89. The highest BCUT2D eigenvalue weighted by Gasteiger charge is 2.35. The van der Waals surface area contributed by atoms with Crippen LogP contribution in [0.1, 0.15) is 12.5 Å². The fraction of sp³-hybridized carbons (Fsp3) is 0.538. The largest absolute Gasteiger partial charge is 0.326 e. The maximum Gasteiger partial charge on any atom is 0.243 e. The first kappa shape index (κ1) is 20.3. The normalized spacial score (nSPS) is 22.8. The number of aryl methyl sites for hydroxylation is 1. The van der Waals surface area contributed by atoms with Gasteiger partial charge in [0.1, 0.15) is 0 Å². The van der Waals surface area contributed by atoms with Gasteiger partial charge in [-0.05, 0) is 43.7 Å². The molecule has 0 bridgehead atoms. The standard InChI is InChI=1S/C13H21N3O4S2.ClH/c1-9-6-11(4-5-13(9)21(17,18)15-3)22(19,20)16-7-10(2)12(14)8-16;/h4-6,10,12,15H,7-8,14H2,1-3H3;1H. The summed E-state index contributed by atoms with van der Waals surface area (Å²) < 4.78 is 52.5. The monoisotopic (exact) mass is 383 g/mol. The van der Waals surface area contributed by atoms with Crippen molar-refractivity contribution in [3.63, 3.8) is 0 Å². The third kappa shape index (κ3) is 3.86. The summed E-state index contributed by atoms with van der Waals surface area (Å²) in [4.78, 5) is 0.154. The van der Waals surface area contributed by atoms with E-state index >= 15 is 0 Å². The van der Waals surface area contributed by atoms with Crippen molar-refractivity contribution < 1.29 is 16.8 Å². The second kappa shape index (κ2) is 7.04. The van der Waals surface area contributed by atoms with Crippen LogP contribution in [0.25, 0.3) is 0 Å². The molecule has 2 unspecified atom stereocenters. The van der Waals surface area contributed by atoms with E-state index < -0.39 is 20.0 Å². The van der Waals surface area contributed by atoms with Crippen LogP contribution in [0, 0.1) is 12.8 Å². The lowest BCUT2D eigenvalue weighted by Crippen LogP contribution is -2.32. The van der Waals surface area contributed by atoms with Gasteiger partial charge in [-0.2, -0.15) is 4.31 Å². The molecule has 0 spiro atoms. The molecule has 3 N–H and O–H groups in total. The summed E-state index contributed by atoms with van der Waals surface area (Å²) in [6.45, 7) is 4.13. The van der Waals surface area contributed by atoms with Gasteiger partial charge in [-0.25, -0.2) is 21.6 Å². The summed E-state index contributed by atoms with van der Waals surface area (Å²) in [5.74, 6) is 0.0971. The SMILES string of the molecule is CNS(=O)(=O)c1ccc(S(=O)(=O)N2CC(C)C(N)C2)cc1C.Cl. The van der Waals surface area contributed by atoms with Crippen LogP contribution in [0.15, 0.2) is 28.0 Å². The topological polar surface area (TPSA) is 110 Å². The summed E-state index contributed by atoms with van der Waals surface area (Å²) >= 11 is 0. The molecule has 0 amide bonds. The number of benzene rings is 1. The Kier molecular flexibility index (Phi) is 6.22. The summed E-state index contributed by atoms with van der Waals surface area (Å²) in [5, 5.41) is 0. The van der Waals surface area contributed by atoms with Gasteiger partial charge in [-0.1, -0.05) is 6.92 Å². The van der Waals surface area contributed by atoms with Gasteiger partial charge in [-0.15, -0.1) is 12.4 Å². The van der Waals surface area contributed by atoms with E-state index in [1.165, 1.54) is 29.6 Å². The number of rotatable bonds is 4. The molecule has 2 atom stereocenters. The fourth-order valence-electron chi connectivity index (χ4n) is 2.49. The van der Waals surface area contributed by atoms with Crippen molar-refractivity contribution in [3.05, 3.63) is 23.8 Å². The highest BCUT2D eigenvalue weighted by molar-refractivity contribution is 7.89. The van der Waals surface area contributed by atoms with E-state index in [4.69, 9.17) is 5.73 Å². The van der Waals surface area contributed by atoms with Crippen LogP contribution in [-0.2, 0) is 20.0 Å². The van der Waals surface area contributed by atoms with Crippen molar-refractivity contribution in [1.82, 2.24) is 9.03 Å². The molecular formula is C13H22ClN3O4S2. The first-order chi connectivity index (χ1) is 10.1. The van der Waals surface area contributed by atoms with E-state index in [2.05, 4.69) is 4.72 Å². The molecule has 1 aromatic rings. The molecule has 132 valence electrons. The summed E-state index contributed by atoms with van der Waals surface area (Å²) in [6, 6.07) is 3.84. The van der Waals surface area contributed by atoms with Crippen molar-refractivity contribution in [3.8, 4) is 0 Å². The Balaban J connectivity index is 0.00000264. The zero-order valence-corrected chi connectivity index (χ0v) is 15.6. The van der Waals surface area contributed by atoms with Gasteiger partial charge in [-0.3, -0.25) is 0 Å². The van der Waals surface area contributed by atoms with Crippen molar-refractivity contribution >= 4 is 32.5 Å². The Labute approximate surface area is 143 Å². The number of halogens is 1. The third-order valence-corrected chi connectivity index (χ3v) is 7.38. The number of hydrogen-bond donors (Lipinski definition) is 2. The lowest BCUT2D eigenvalue weighted by atomic mass is 10.1. The third-order valence-electron chi connectivity index (χ3n) is 3.98. The van der Waals surface area contributed by atoms with Crippen LogP contribution in [0.2, 0.25) is 0 Å². The fourth-order valence-corrected chi connectivity index (χ4v) is 5.10. The Morgan fingerprint density at radius 2 is 1.83 bits per heavy atom. The van der Waals surface area contributed by atoms with Gasteiger partial charge in [0.25, 0.3) is 0 Å². The molecule has 0 aliphatic carbocycles. The molecule has 7 nitrogen and oxygen atoms in total. The number of nitrogens with two attached hydrogens (primary N) is 1. The van der Waals surface area contributed by atoms with Crippen molar-refractivity contribution in [1.29, 1.82) is 0 Å². The van der Waals surface area contributed by atoms with Crippen LogP contribution >= 0.6 is 12.4 Å². The lowest BCUT2D eigenvalue weighted by Gasteiger charge is -2.17. The van der Waals surface area contributed by atoms with E-state index in [9.17, 15) is 16.8 Å². The number of hydrogen-bond acceptors (Lipinski definition) is 5. The second-order valence-corrected chi connectivity index (χ2v) is 9.39. The van der Waals surface area contributed by atoms with Crippen molar-refractivity contribution in [2.45, 2.75) is 29.7 Å². The molecule has 1 aliphatic rings. The smallest absolute Gasteiger partial charge is 0.243 e. The number of nitrogens with one attached hydrogen (secondary N) is 1. The minimum Gasteiger partial charge on any atom is -0.326 e. The molecule has 10 heteroatoms. The van der Waals surface area contributed by atoms with Crippen LogP contribution < -0.4 is 10.5 Å². The molecule has 1 heterocycles. The van der Waals surface area contributed by atoms with Gasteiger partial charge in [0.2, 0.25) is 20.0 Å². The molecule has 1 fully saturated rings. The molecule has 2 rings (SSSR count). The quantitative estimate of drug-likeness (QED) is 0.776. The average Bonchev–Trinajstić information content (AvgIpc) is 2.79. The summed E-state index contributed by atoms with van der Waals surface area (Å²) in [7, 11) is -5.95. The van der Waals surface area contributed by atoms with Gasteiger partial charge in [0, 0.05) is 19.1 Å². The Bertz CT molecular complexity index is 770. The van der Waals surface area contributed by atoms with Crippen molar-refractivity contribution in [2.75, 3.05) is 20.1 Å². The zero-order chi connectivity index (χ0) is 16.7. The molecular weight excluding hydrogens is 362 g/mol. The zero-order valence-electron chi connectivity index (χ0n) is 13.2. The van der Waals surface area contributed by atoms with E-state index in [1.807, 2.05) is 6.92 Å². The van der Waals surface area contributed by atoms with Crippen molar-refractivity contribution in [2.24, 2.45) is 11.7 Å². The number of sulfonamides is 2. The summed E-state index contributed by atoms with van der Waals surface area (Å²) in [5.41, 5.74) is 6.26. The van der Waals surface area contributed by atoms with E-state index in [0.717, 1.165) is 0 Å². The second-order valence-electron chi connectivity index (χ2n) is 5.60. The van der Waals surface area contributed by atoms with Gasteiger partial charge in [0.05, 0.1) is 9.79 Å². The maximum atomic E-state index is 12.6. The Hall–Kier alpha value is -0.710. The van der Waals surface area contributed by atoms with Gasteiger partial charge in [0.15, 0.2) is 0 Å². The van der Waals surface area contributed by atoms with Crippen LogP contribution in [-0.4, -0.2) is 47.3 Å². The molecule has 1 saturated heterocycles. The Morgan fingerprint density at radius 1 is 1.22 bits per heavy atom. The predicted molar refractivity (Wildman–Crippen MR) is 90.6 cm³/mol. The average molecular weight is 384 g/mol. The predicted octanol–water partition coefficient (Wildman–Crippen LogP) is 0.293. The Morgan fingerprint density at radius 3 is 2.26 bits per heavy atom. The minimum absolute atomic E-state index is 0. The maximum absolute atomic E-state index is 12.6. The molecule has 0 radical (unpaired) electrons. The van der Waals surface area contributed by atoms with E-state index in [1.54, 1.807) is 6.92 Å². The summed E-state index contributed by atoms with van der Waals surface area (Å²) in [6.07, 6.45) is 0. The number of nitrogens with zero attached hydrogens (tertiary/aromatic N) is 1. The van der Waals surface area contributed by atoms with Gasteiger partial charge >= 0.3 is 0 Å². The molecule has 0 aromatic heterocycles. The van der Waals surface area contributed by atoms with E-state index in [-0.39, 0.29) is 40.7 Å². The molecule has 0 saturated carbocycles. The minimum atomic E-state index is -3.66. The first-order valence-corrected chi connectivity index (χ1v) is 9.82. The van der Waals surface area contributed by atoms with Crippen LogP contribution in [0.3, 0.4) is 0 Å². The molecule has 1 aliphatic heterocycles. The molecule has 1 aromatic carbocycles. The molecule has 23 heavy (non-hydrogen) atoms. The van der Waals surface area contributed by atoms with Crippen LogP contribution in [0.4, 0.5) is 0 Å². The highest BCUT2D eigenvalue weighted by atomic mass is 35.5. The van der Waals surface area contributed by atoms with Gasteiger partial charge < -0.3 is 5.73 Å². The van der Waals surface area contributed by atoms with Crippen LogP contribution in [0.5, 0.6) is 0 Å².